The third-order valence-corrected chi connectivity index (χ3v) is 9.61. The van der Waals surface area contributed by atoms with E-state index in [2.05, 4.69) is 101 Å². The first-order chi connectivity index (χ1) is 12.4. The monoisotopic (exact) mass is 344 g/mol. The van der Waals surface area contributed by atoms with Gasteiger partial charge in [0.15, 0.2) is 0 Å². The molecule has 3 heteroatoms. The fourth-order valence-electron chi connectivity index (χ4n) is 3.62. The van der Waals surface area contributed by atoms with Crippen LogP contribution in [0, 0.1) is 0 Å². The number of hydrogen-bond acceptors (Lipinski definition) is 1. The second-order valence-corrected chi connectivity index (χ2v) is 10.1. The summed E-state index contributed by atoms with van der Waals surface area (Å²) in [6, 6.07) is 32.8. The molecule has 0 atom stereocenters. The first-order valence-electron chi connectivity index (χ1n) is 8.54. The Morgan fingerprint density at radius 3 is 1.44 bits per heavy atom. The third kappa shape index (κ3) is 3.01. The minimum absolute atomic E-state index is 0.915. The van der Waals surface area contributed by atoms with Crippen molar-refractivity contribution in [2.45, 2.75) is 6.16 Å². The van der Waals surface area contributed by atoms with Crippen LogP contribution in [0.1, 0.15) is 5.82 Å². The van der Waals surface area contributed by atoms with Gasteiger partial charge in [0.05, 0.1) is 0 Å². The van der Waals surface area contributed by atoms with Gasteiger partial charge in [-0.15, -0.1) is 0 Å². The minimum atomic E-state index is -2.22. The van der Waals surface area contributed by atoms with E-state index < -0.39 is 7.26 Å². The van der Waals surface area contributed by atoms with Crippen molar-refractivity contribution in [3.8, 4) is 0 Å². The van der Waals surface area contributed by atoms with Crippen LogP contribution >= 0.6 is 7.26 Å². The molecule has 0 aliphatic rings. The number of imidazole rings is 1. The van der Waals surface area contributed by atoms with E-state index in [-0.39, 0.29) is 0 Å². The first-order valence-corrected chi connectivity index (χ1v) is 10.8. The van der Waals surface area contributed by atoms with Gasteiger partial charge in [-0.05, 0) is 0 Å². The predicted molar refractivity (Wildman–Crippen MR) is 109 cm³/mol. The number of aromatic nitrogens is 2. The molecule has 0 aliphatic heterocycles. The maximum absolute atomic E-state index is 4.56. The van der Waals surface area contributed by atoms with Crippen molar-refractivity contribution >= 4 is 23.2 Å². The molecule has 0 bridgehead atoms. The summed E-state index contributed by atoms with van der Waals surface area (Å²) < 4.78 is 0. The predicted octanol–water partition coefficient (Wildman–Crippen LogP) is 3.64. The Labute approximate surface area is 148 Å². The Kier molecular flexibility index (Phi) is 4.45. The number of H-pyrrole nitrogens is 1. The van der Waals surface area contributed by atoms with Gasteiger partial charge in [-0.2, -0.15) is 0 Å². The molecule has 0 saturated heterocycles. The average molecular weight is 344 g/mol. The number of aromatic amines is 1. The molecule has 1 aromatic heterocycles. The molecule has 25 heavy (non-hydrogen) atoms. The van der Waals surface area contributed by atoms with Crippen molar-refractivity contribution in [1.82, 2.24) is 9.97 Å². The van der Waals surface area contributed by atoms with Crippen LogP contribution < -0.4 is 15.9 Å². The molecule has 2 nitrogen and oxygen atoms in total. The second-order valence-electron chi connectivity index (χ2n) is 6.22. The molecule has 0 fully saturated rings. The molecule has 0 aliphatic carbocycles. The van der Waals surface area contributed by atoms with E-state index in [9.17, 15) is 0 Å². The molecular weight excluding hydrogens is 323 g/mol. The summed E-state index contributed by atoms with van der Waals surface area (Å²) in [6.07, 6.45) is 4.67. The quantitative estimate of drug-likeness (QED) is 0.550. The van der Waals surface area contributed by atoms with Crippen LogP contribution in [0.25, 0.3) is 0 Å². The number of nitrogens with one attached hydrogen (secondary N) is 1. The maximum atomic E-state index is 4.56. The Morgan fingerprint density at radius 2 is 1.08 bits per heavy atom. The molecule has 0 radical (unpaired) electrons. The fourth-order valence-corrected chi connectivity index (χ4v) is 8.21. The Hall–Kier alpha value is -2.70. The Morgan fingerprint density at radius 1 is 0.640 bits per heavy atom. The molecule has 0 amide bonds. The molecule has 0 saturated carbocycles. The van der Waals surface area contributed by atoms with Gasteiger partial charge in [0, 0.05) is 0 Å². The zero-order valence-corrected chi connectivity index (χ0v) is 15.0. The van der Waals surface area contributed by atoms with Gasteiger partial charge in [-0.25, -0.2) is 0 Å². The second kappa shape index (κ2) is 7.04. The van der Waals surface area contributed by atoms with E-state index in [1.807, 2.05) is 12.4 Å². The van der Waals surface area contributed by atoms with Crippen LogP contribution in [-0.4, -0.2) is 9.97 Å². The third-order valence-electron chi connectivity index (χ3n) is 4.79. The van der Waals surface area contributed by atoms with Gasteiger partial charge >= 0.3 is 149 Å². The standard InChI is InChI=1S/C22H21N2P/c1-4-10-19(11-5-1)25(18-22-23-16-17-24-22,20-12-6-2-7-13-20)21-14-8-3-9-15-21/h1-17,25H,18H2,(H,23,24). The van der Waals surface area contributed by atoms with Gasteiger partial charge in [-0.3, -0.25) is 0 Å². The van der Waals surface area contributed by atoms with Gasteiger partial charge in [0.2, 0.25) is 0 Å². The molecular formula is C22H21N2P. The molecule has 4 rings (SSSR count). The Balaban J connectivity index is 2.01. The van der Waals surface area contributed by atoms with E-state index in [4.69, 9.17) is 0 Å². The summed E-state index contributed by atoms with van der Waals surface area (Å²) >= 11 is 0. The van der Waals surface area contributed by atoms with E-state index in [1.54, 1.807) is 0 Å². The van der Waals surface area contributed by atoms with E-state index in [1.165, 1.54) is 15.9 Å². The fraction of sp³-hybridized carbons (Fsp3) is 0.0455. The molecule has 1 heterocycles. The van der Waals surface area contributed by atoms with E-state index in [0.717, 1.165) is 12.0 Å². The zero-order chi connectivity index (χ0) is 17.0. The number of rotatable bonds is 5. The SMILES string of the molecule is c1ccc([PH](Cc2ncc[nH]2)(c2ccccc2)c2ccccc2)cc1. The molecule has 0 unspecified atom stereocenters. The van der Waals surface area contributed by atoms with Crippen molar-refractivity contribution in [3.63, 3.8) is 0 Å². The van der Waals surface area contributed by atoms with Gasteiger partial charge in [0.1, 0.15) is 0 Å². The zero-order valence-electron chi connectivity index (χ0n) is 14.0. The van der Waals surface area contributed by atoms with Crippen LogP contribution in [-0.2, 0) is 6.16 Å². The summed E-state index contributed by atoms with van der Waals surface area (Å²) in [5.41, 5.74) is 0. The number of nitrogens with zero attached hydrogens (tertiary/aromatic N) is 1. The van der Waals surface area contributed by atoms with Gasteiger partial charge < -0.3 is 0 Å². The summed E-state index contributed by atoms with van der Waals surface area (Å²) in [6.45, 7) is 0. The van der Waals surface area contributed by atoms with Crippen molar-refractivity contribution in [1.29, 1.82) is 0 Å². The molecule has 0 spiro atoms. The first kappa shape index (κ1) is 15.8. The molecule has 124 valence electrons. The summed E-state index contributed by atoms with van der Waals surface area (Å²) in [5.74, 6) is 1.04. The normalized spacial score (nSPS) is 12.0. The van der Waals surface area contributed by atoms with Crippen LogP contribution in [0.4, 0.5) is 0 Å². The van der Waals surface area contributed by atoms with E-state index >= 15 is 0 Å². The molecule has 3 aromatic carbocycles. The van der Waals surface area contributed by atoms with Crippen molar-refractivity contribution < 1.29 is 0 Å². The van der Waals surface area contributed by atoms with Crippen LogP contribution in [0.5, 0.6) is 0 Å². The van der Waals surface area contributed by atoms with Crippen molar-refractivity contribution in [3.05, 3.63) is 109 Å². The summed E-state index contributed by atoms with van der Waals surface area (Å²) in [7, 11) is -2.22. The molecule has 1 N–H and O–H groups in total. The molecule has 4 aromatic rings. The average Bonchev–Trinajstić information content (AvgIpc) is 3.21. The van der Waals surface area contributed by atoms with Crippen LogP contribution in [0.15, 0.2) is 103 Å². The van der Waals surface area contributed by atoms with Crippen LogP contribution in [0.2, 0.25) is 0 Å². The van der Waals surface area contributed by atoms with Crippen molar-refractivity contribution in [2.75, 3.05) is 0 Å². The topological polar surface area (TPSA) is 28.7 Å². The summed E-state index contributed by atoms with van der Waals surface area (Å²) in [4.78, 5) is 7.88. The summed E-state index contributed by atoms with van der Waals surface area (Å²) in [5, 5.41) is 4.22. The van der Waals surface area contributed by atoms with Gasteiger partial charge in [0.25, 0.3) is 0 Å². The Bertz CT molecular complexity index is 808. The number of benzene rings is 3. The number of hydrogen-bond donors (Lipinski definition) is 1. The van der Waals surface area contributed by atoms with Crippen molar-refractivity contribution in [2.24, 2.45) is 0 Å². The van der Waals surface area contributed by atoms with Gasteiger partial charge in [-0.1, -0.05) is 0 Å². The van der Waals surface area contributed by atoms with Crippen LogP contribution in [0.3, 0.4) is 0 Å². The van der Waals surface area contributed by atoms with E-state index in [0.29, 0.717) is 0 Å².